The average molecular weight is 364 g/mol. The van der Waals surface area contributed by atoms with E-state index in [-0.39, 0.29) is 11.9 Å². The van der Waals surface area contributed by atoms with Gasteiger partial charge in [0.2, 0.25) is 5.91 Å². The van der Waals surface area contributed by atoms with Gasteiger partial charge in [0.05, 0.1) is 0 Å². The van der Waals surface area contributed by atoms with Crippen LogP contribution in [-0.2, 0) is 17.8 Å². The number of rotatable bonds is 9. The first kappa shape index (κ1) is 19.2. The van der Waals surface area contributed by atoms with Crippen molar-refractivity contribution in [3.63, 3.8) is 0 Å². The van der Waals surface area contributed by atoms with Gasteiger partial charge in [0, 0.05) is 42.7 Å². The van der Waals surface area contributed by atoms with Crippen LogP contribution >= 0.6 is 0 Å². The van der Waals surface area contributed by atoms with E-state index in [1.807, 2.05) is 29.2 Å². The summed E-state index contributed by atoms with van der Waals surface area (Å²) >= 11 is 0. The van der Waals surface area contributed by atoms with Crippen LogP contribution in [-0.4, -0.2) is 34.9 Å². The molecule has 0 aliphatic carbocycles. The highest BCUT2D eigenvalue weighted by Crippen LogP contribution is 2.17. The SMILES string of the molecule is CC(C)N(Cc1ccccc1)C(=O)CCNCCc1c[nH]c2ccccc12. The molecule has 1 amide bonds. The summed E-state index contributed by atoms with van der Waals surface area (Å²) in [5.74, 6) is 0.202. The molecule has 0 radical (unpaired) electrons. The molecule has 1 aromatic heterocycles. The molecule has 0 aliphatic heterocycles. The van der Waals surface area contributed by atoms with E-state index in [0.29, 0.717) is 19.5 Å². The average Bonchev–Trinajstić information content (AvgIpc) is 3.09. The molecule has 3 aromatic rings. The van der Waals surface area contributed by atoms with E-state index in [0.717, 1.165) is 13.0 Å². The van der Waals surface area contributed by atoms with Gasteiger partial charge in [-0.05, 0) is 44.0 Å². The van der Waals surface area contributed by atoms with Crippen molar-refractivity contribution in [2.75, 3.05) is 13.1 Å². The van der Waals surface area contributed by atoms with E-state index in [4.69, 9.17) is 0 Å². The largest absolute Gasteiger partial charge is 0.361 e. The van der Waals surface area contributed by atoms with Crippen molar-refractivity contribution in [2.45, 2.75) is 39.3 Å². The number of H-pyrrole nitrogens is 1. The van der Waals surface area contributed by atoms with E-state index in [2.05, 4.69) is 60.7 Å². The van der Waals surface area contributed by atoms with Gasteiger partial charge < -0.3 is 15.2 Å². The van der Waals surface area contributed by atoms with Crippen LogP contribution in [0.25, 0.3) is 10.9 Å². The fourth-order valence-corrected chi connectivity index (χ4v) is 3.36. The Morgan fingerprint density at radius 2 is 1.78 bits per heavy atom. The zero-order chi connectivity index (χ0) is 19.1. The van der Waals surface area contributed by atoms with Crippen LogP contribution in [0.3, 0.4) is 0 Å². The topological polar surface area (TPSA) is 48.1 Å². The Morgan fingerprint density at radius 1 is 1.04 bits per heavy atom. The standard InChI is InChI=1S/C23H29N3O/c1-18(2)26(17-19-8-4-3-5-9-19)23(27)13-15-24-14-12-20-16-25-22-11-7-6-10-21(20)22/h3-11,16,18,24-25H,12-15,17H2,1-2H3. The van der Waals surface area contributed by atoms with Crippen molar-refractivity contribution in [2.24, 2.45) is 0 Å². The summed E-state index contributed by atoms with van der Waals surface area (Å²) in [5.41, 5.74) is 3.67. The zero-order valence-corrected chi connectivity index (χ0v) is 16.2. The molecular formula is C23H29N3O. The molecule has 0 bridgehead atoms. The number of carbonyl (C=O) groups is 1. The number of amides is 1. The van der Waals surface area contributed by atoms with Gasteiger partial charge in [0.15, 0.2) is 0 Å². The maximum atomic E-state index is 12.6. The van der Waals surface area contributed by atoms with Gasteiger partial charge in [-0.15, -0.1) is 0 Å². The Morgan fingerprint density at radius 3 is 2.56 bits per heavy atom. The van der Waals surface area contributed by atoms with Gasteiger partial charge in [0.25, 0.3) is 0 Å². The molecule has 27 heavy (non-hydrogen) atoms. The van der Waals surface area contributed by atoms with Gasteiger partial charge in [-0.1, -0.05) is 48.5 Å². The second kappa shape index (κ2) is 9.38. The molecule has 0 saturated heterocycles. The minimum atomic E-state index is 0.198. The molecule has 4 nitrogen and oxygen atoms in total. The first-order chi connectivity index (χ1) is 13.1. The van der Waals surface area contributed by atoms with Gasteiger partial charge in [-0.2, -0.15) is 0 Å². The Hall–Kier alpha value is -2.59. The molecule has 3 rings (SSSR count). The van der Waals surface area contributed by atoms with E-state index >= 15 is 0 Å². The molecule has 2 aromatic carbocycles. The van der Waals surface area contributed by atoms with E-state index in [1.165, 1.54) is 22.0 Å². The van der Waals surface area contributed by atoms with E-state index < -0.39 is 0 Å². The Kier molecular flexibility index (Phi) is 6.66. The highest BCUT2D eigenvalue weighted by molar-refractivity contribution is 5.83. The smallest absolute Gasteiger partial charge is 0.224 e. The van der Waals surface area contributed by atoms with E-state index in [9.17, 15) is 4.79 Å². The number of aromatic nitrogens is 1. The maximum absolute atomic E-state index is 12.6. The predicted molar refractivity (Wildman–Crippen MR) is 112 cm³/mol. The quantitative estimate of drug-likeness (QED) is 0.562. The minimum absolute atomic E-state index is 0.198. The summed E-state index contributed by atoms with van der Waals surface area (Å²) in [5, 5.41) is 4.70. The highest BCUT2D eigenvalue weighted by Gasteiger charge is 2.16. The second-order valence-electron chi connectivity index (χ2n) is 7.21. The zero-order valence-electron chi connectivity index (χ0n) is 16.2. The summed E-state index contributed by atoms with van der Waals surface area (Å²) in [6.45, 7) is 6.40. The van der Waals surface area contributed by atoms with Gasteiger partial charge in [-0.25, -0.2) is 0 Å². The third kappa shape index (κ3) is 5.20. The van der Waals surface area contributed by atoms with Crippen molar-refractivity contribution in [1.82, 2.24) is 15.2 Å². The molecule has 142 valence electrons. The number of fused-ring (bicyclic) bond motifs is 1. The van der Waals surface area contributed by atoms with Crippen molar-refractivity contribution in [3.8, 4) is 0 Å². The second-order valence-corrected chi connectivity index (χ2v) is 7.21. The lowest BCUT2D eigenvalue weighted by atomic mass is 10.1. The fourth-order valence-electron chi connectivity index (χ4n) is 3.36. The number of hydrogen-bond acceptors (Lipinski definition) is 2. The van der Waals surface area contributed by atoms with Crippen molar-refractivity contribution in [3.05, 3.63) is 71.9 Å². The van der Waals surface area contributed by atoms with Crippen LogP contribution < -0.4 is 5.32 Å². The molecule has 0 atom stereocenters. The first-order valence-electron chi connectivity index (χ1n) is 9.74. The number of para-hydroxylation sites is 1. The van der Waals surface area contributed by atoms with Crippen LogP contribution in [0.1, 0.15) is 31.4 Å². The first-order valence-corrected chi connectivity index (χ1v) is 9.74. The summed E-state index contributed by atoms with van der Waals surface area (Å²) in [7, 11) is 0. The molecule has 0 aliphatic rings. The third-order valence-corrected chi connectivity index (χ3v) is 4.90. The Bertz CT molecular complexity index is 854. The third-order valence-electron chi connectivity index (χ3n) is 4.90. The number of benzene rings is 2. The molecule has 2 N–H and O–H groups in total. The van der Waals surface area contributed by atoms with Crippen LogP contribution in [0.2, 0.25) is 0 Å². The number of nitrogens with one attached hydrogen (secondary N) is 2. The summed E-state index contributed by atoms with van der Waals surface area (Å²) in [6, 6.07) is 18.7. The van der Waals surface area contributed by atoms with Gasteiger partial charge >= 0.3 is 0 Å². The molecule has 0 fully saturated rings. The van der Waals surface area contributed by atoms with Crippen LogP contribution in [0.5, 0.6) is 0 Å². The molecule has 0 unspecified atom stereocenters. The molecule has 4 heteroatoms. The predicted octanol–water partition coefficient (Wildman–Crippen LogP) is 4.13. The van der Waals surface area contributed by atoms with Crippen molar-refractivity contribution < 1.29 is 4.79 Å². The number of carbonyl (C=O) groups excluding carboxylic acids is 1. The molecule has 0 spiro atoms. The van der Waals surface area contributed by atoms with Crippen molar-refractivity contribution >= 4 is 16.8 Å². The lowest BCUT2D eigenvalue weighted by molar-refractivity contribution is -0.133. The van der Waals surface area contributed by atoms with Crippen LogP contribution in [0.4, 0.5) is 0 Å². The highest BCUT2D eigenvalue weighted by atomic mass is 16.2. The lowest BCUT2D eigenvalue weighted by Crippen LogP contribution is -2.38. The molecule has 1 heterocycles. The minimum Gasteiger partial charge on any atom is -0.361 e. The molecular weight excluding hydrogens is 334 g/mol. The Labute approximate surface area is 161 Å². The molecule has 0 saturated carbocycles. The Balaban J connectivity index is 1.44. The summed E-state index contributed by atoms with van der Waals surface area (Å²) < 4.78 is 0. The fraction of sp³-hybridized carbons (Fsp3) is 0.348. The van der Waals surface area contributed by atoms with Gasteiger partial charge in [0.1, 0.15) is 0 Å². The van der Waals surface area contributed by atoms with Crippen LogP contribution in [0, 0.1) is 0 Å². The number of aromatic amines is 1. The normalized spacial score (nSPS) is 11.2. The number of hydrogen-bond donors (Lipinski definition) is 2. The summed E-state index contributed by atoms with van der Waals surface area (Å²) in [4.78, 5) is 17.9. The summed E-state index contributed by atoms with van der Waals surface area (Å²) in [6.07, 6.45) is 3.56. The maximum Gasteiger partial charge on any atom is 0.224 e. The monoisotopic (exact) mass is 363 g/mol. The van der Waals surface area contributed by atoms with Gasteiger partial charge in [-0.3, -0.25) is 4.79 Å². The van der Waals surface area contributed by atoms with Crippen molar-refractivity contribution in [1.29, 1.82) is 0 Å². The number of nitrogens with zero attached hydrogens (tertiary/aromatic N) is 1. The van der Waals surface area contributed by atoms with Crippen LogP contribution in [0.15, 0.2) is 60.8 Å². The van der Waals surface area contributed by atoms with E-state index in [1.54, 1.807) is 0 Å². The lowest BCUT2D eigenvalue weighted by Gasteiger charge is -2.27.